The molecule has 16 nitrogen and oxygen atoms in total. The lowest BCUT2D eigenvalue weighted by Gasteiger charge is -2.07. The second-order valence-corrected chi connectivity index (χ2v) is 12.9. The van der Waals surface area contributed by atoms with E-state index < -0.39 is 42.0 Å². The van der Waals surface area contributed by atoms with Crippen molar-refractivity contribution in [3.05, 3.63) is 95.1 Å². The Bertz CT molecular complexity index is 2110. The fourth-order valence-electron chi connectivity index (χ4n) is 4.24. The highest BCUT2D eigenvalue weighted by Crippen LogP contribution is 2.31. The van der Waals surface area contributed by atoms with Crippen molar-refractivity contribution in [3.8, 4) is 0 Å². The number of ether oxygens (including phenoxy) is 2. The molecule has 0 aliphatic rings. The Morgan fingerprint density at radius 3 is 1.34 bits per heavy atom. The van der Waals surface area contributed by atoms with E-state index in [4.69, 9.17) is 20.9 Å². The minimum absolute atomic E-state index is 0.0162. The smallest absolute Gasteiger partial charge is 0.338 e. The molecule has 0 bridgehead atoms. The number of nitrogens with zero attached hydrogens (tertiary/aromatic N) is 4. The maximum atomic E-state index is 12.3. The number of nitrogens with two attached hydrogens (primary N) is 2. The molecule has 0 aromatic heterocycles. The van der Waals surface area contributed by atoms with Crippen molar-refractivity contribution in [2.45, 2.75) is 23.6 Å². The summed E-state index contributed by atoms with van der Waals surface area (Å²) in [6.07, 6.45) is 2.38. The molecule has 0 spiro atoms. The minimum atomic E-state index is -4.84. The second kappa shape index (κ2) is 15.6. The first-order chi connectivity index (χ1) is 23.6. The highest BCUT2D eigenvalue weighted by atomic mass is 32.2. The van der Waals surface area contributed by atoms with Crippen LogP contribution in [0.25, 0.3) is 12.2 Å². The second-order valence-electron chi connectivity index (χ2n) is 10.1. The van der Waals surface area contributed by atoms with Crippen molar-refractivity contribution in [1.82, 2.24) is 0 Å². The number of rotatable bonds is 12. The summed E-state index contributed by atoms with van der Waals surface area (Å²) < 4.78 is 78.9. The fraction of sp³-hybridized carbons (Fsp3) is 0.125. The van der Waals surface area contributed by atoms with E-state index in [-0.39, 0.29) is 69.6 Å². The monoisotopic (exact) mass is 722 g/mol. The molecule has 4 aromatic rings. The Labute approximate surface area is 286 Å². The number of hydrogen-bond acceptors (Lipinski definition) is 14. The van der Waals surface area contributed by atoms with Crippen LogP contribution in [0.4, 0.5) is 34.1 Å². The fourth-order valence-corrected chi connectivity index (χ4v) is 5.65. The lowest BCUT2D eigenvalue weighted by Crippen LogP contribution is -2.04. The van der Waals surface area contributed by atoms with Gasteiger partial charge in [-0.3, -0.25) is 9.11 Å². The van der Waals surface area contributed by atoms with Gasteiger partial charge in [0.25, 0.3) is 20.2 Å². The van der Waals surface area contributed by atoms with Crippen LogP contribution in [-0.2, 0) is 29.7 Å². The van der Waals surface area contributed by atoms with E-state index in [1.165, 1.54) is 72.8 Å². The molecule has 0 aliphatic carbocycles. The zero-order valence-electron chi connectivity index (χ0n) is 26.4. The summed E-state index contributed by atoms with van der Waals surface area (Å²) >= 11 is 0. The SMILES string of the molecule is CCOC(=O)c1ccc(N)c(N=Nc2ccc(/C=C/c3ccc(N=Nc4cc(C(=O)OCC)ccc4N)cc3S(=O)(=O)O)c(S(=O)(=O)O)c2)c1. The van der Waals surface area contributed by atoms with E-state index in [1.807, 2.05) is 0 Å². The number of anilines is 2. The molecule has 6 N–H and O–H groups in total. The summed E-state index contributed by atoms with van der Waals surface area (Å²) in [5.41, 5.74) is 12.6. The first-order valence-corrected chi connectivity index (χ1v) is 17.4. The van der Waals surface area contributed by atoms with Crippen LogP contribution in [-0.4, -0.2) is 51.1 Å². The molecule has 4 aromatic carbocycles. The summed E-state index contributed by atoms with van der Waals surface area (Å²) in [5.74, 6) is -1.21. The molecular weight excluding hydrogens is 693 g/mol. The summed E-state index contributed by atoms with van der Waals surface area (Å²) in [7, 11) is -9.69. The molecule has 260 valence electrons. The summed E-state index contributed by atoms with van der Waals surface area (Å²) in [6, 6.07) is 15.7. The topological polar surface area (TPSA) is 263 Å². The van der Waals surface area contributed by atoms with E-state index in [0.29, 0.717) is 0 Å². The molecule has 0 heterocycles. The Kier molecular flexibility index (Phi) is 11.5. The largest absolute Gasteiger partial charge is 0.462 e. The van der Waals surface area contributed by atoms with Crippen molar-refractivity contribution < 1.29 is 45.0 Å². The molecular formula is C32H30N6O10S2. The van der Waals surface area contributed by atoms with Crippen LogP contribution in [0.1, 0.15) is 45.7 Å². The zero-order valence-corrected chi connectivity index (χ0v) is 28.1. The Morgan fingerprint density at radius 1 is 0.620 bits per heavy atom. The van der Waals surface area contributed by atoms with Gasteiger partial charge in [0.05, 0.1) is 47.1 Å². The van der Waals surface area contributed by atoms with Gasteiger partial charge in [-0.25, -0.2) is 9.59 Å². The highest BCUT2D eigenvalue weighted by Gasteiger charge is 2.18. The average Bonchev–Trinajstić information content (AvgIpc) is 3.06. The van der Waals surface area contributed by atoms with Gasteiger partial charge in [-0.05, 0) is 85.6 Å². The molecule has 0 radical (unpaired) electrons. The van der Waals surface area contributed by atoms with Gasteiger partial charge in [0, 0.05) is 0 Å². The number of carbonyl (C=O) groups excluding carboxylic acids is 2. The predicted molar refractivity (Wildman–Crippen MR) is 183 cm³/mol. The van der Waals surface area contributed by atoms with E-state index in [9.17, 15) is 35.5 Å². The summed E-state index contributed by atoms with van der Waals surface area (Å²) in [5, 5.41) is 15.9. The number of esters is 2. The molecule has 0 amide bonds. The minimum Gasteiger partial charge on any atom is -0.462 e. The van der Waals surface area contributed by atoms with Gasteiger partial charge in [-0.1, -0.05) is 24.3 Å². The third kappa shape index (κ3) is 9.41. The first kappa shape index (κ1) is 37.0. The number of hydrogen-bond donors (Lipinski definition) is 4. The van der Waals surface area contributed by atoms with Crippen molar-refractivity contribution in [3.63, 3.8) is 0 Å². The molecule has 0 saturated heterocycles. The predicted octanol–water partition coefficient (Wildman–Crippen LogP) is 6.70. The lowest BCUT2D eigenvalue weighted by atomic mass is 10.1. The Hall–Kier alpha value is -5.82. The van der Waals surface area contributed by atoms with Gasteiger partial charge in [-0.2, -0.15) is 27.1 Å². The lowest BCUT2D eigenvalue weighted by molar-refractivity contribution is 0.0517. The molecule has 0 aliphatic heterocycles. The normalized spacial score (nSPS) is 12.2. The van der Waals surface area contributed by atoms with E-state index in [1.54, 1.807) is 13.8 Å². The molecule has 0 atom stereocenters. The van der Waals surface area contributed by atoms with Crippen LogP contribution >= 0.6 is 0 Å². The van der Waals surface area contributed by atoms with Gasteiger partial charge in [-0.15, -0.1) is 10.2 Å². The number of benzene rings is 4. The highest BCUT2D eigenvalue weighted by molar-refractivity contribution is 7.86. The Balaban J connectivity index is 1.65. The number of nitrogen functional groups attached to an aromatic ring is 2. The van der Waals surface area contributed by atoms with Crippen molar-refractivity contribution >= 4 is 78.5 Å². The first-order valence-electron chi connectivity index (χ1n) is 14.5. The van der Waals surface area contributed by atoms with Gasteiger partial charge in [0.2, 0.25) is 0 Å². The van der Waals surface area contributed by atoms with Gasteiger partial charge in [0.15, 0.2) is 0 Å². The summed E-state index contributed by atoms with van der Waals surface area (Å²) in [6.45, 7) is 3.60. The Morgan fingerprint density at radius 2 is 1.00 bits per heavy atom. The number of azo groups is 2. The molecule has 18 heteroatoms. The van der Waals surface area contributed by atoms with E-state index >= 15 is 0 Å². The van der Waals surface area contributed by atoms with Crippen molar-refractivity contribution in [2.24, 2.45) is 20.5 Å². The summed E-state index contributed by atoms with van der Waals surface area (Å²) in [4.78, 5) is 22.9. The number of carbonyl (C=O) groups is 2. The maximum Gasteiger partial charge on any atom is 0.338 e. The third-order valence-electron chi connectivity index (χ3n) is 6.62. The molecule has 0 saturated carbocycles. The molecule has 0 unspecified atom stereocenters. The zero-order chi connectivity index (χ0) is 36.6. The third-order valence-corrected chi connectivity index (χ3v) is 8.44. The van der Waals surface area contributed by atoms with Crippen LogP contribution < -0.4 is 11.5 Å². The average molecular weight is 723 g/mol. The van der Waals surface area contributed by atoms with E-state index in [2.05, 4.69) is 20.5 Å². The van der Waals surface area contributed by atoms with Gasteiger partial charge in [0.1, 0.15) is 21.2 Å². The van der Waals surface area contributed by atoms with Crippen LogP contribution in [0.15, 0.2) is 103 Å². The quantitative estimate of drug-likeness (QED) is 0.0391. The molecule has 4 rings (SSSR count). The van der Waals surface area contributed by atoms with Crippen molar-refractivity contribution in [1.29, 1.82) is 0 Å². The standard InChI is InChI=1S/C32H30N6O10S2/c1-3-47-31(39)21-9-13-25(33)27(15-21)37-35-23-11-7-19(29(17-23)49(41,42)43)5-6-20-8-12-24(18-30(20)50(44,45)46)36-38-28-16-22(10-14-26(28)34)32(40)48-4-2/h5-18H,3-4,33-34H2,1-2H3,(H,41,42,43)(H,44,45,46)/b6-5+,37-35?,38-36?. The van der Waals surface area contributed by atoms with Crippen LogP contribution in [0.3, 0.4) is 0 Å². The van der Waals surface area contributed by atoms with Crippen LogP contribution in [0, 0.1) is 0 Å². The van der Waals surface area contributed by atoms with Gasteiger partial charge >= 0.3 is 11.9 Å². The molecule has 50 heavy (non-hydrogen) atoms. The van der Waals surface area contributed by atoms with Crippen LogP contribution in [0.2, 0.25) is 0 Å². The van der Waals surface area contributed by atoms with Gasteiger partial charge < -0.3 is 20.9 Å². The molecule has 0 fully saturated rings. The maximum absolute atomic E-state index is 12.3. The van der Waals surface area contributed by atoms with Crippen molar-refractivity contribution in [2.75, 3.05) is 24.7 Å². The van der Waals surface area contributed by atoms with Crippen LogP contribution in [0.5, 0.6) is 0 Å². The van der Waals surface area contributed by atoms with E-state index in [0.717, 1.165) is 12.1 Å².